The van der Waals surface area contributed by atoms with Crippen molar-refractivity contribution in [2.75, 3.05) is 26.7 Å². The van der Waals surface area contributed by atoms with E-state index in [1.54, 1.807) is 12.2 Å². The number of nitrogens with two attached hydrogens (primary N) is 1. The SMILES string of the molecule is COC(=O)N[C@@H](C(=O)NCC1=CC=C(C(=N)N)N(C(=O)[C@@H]2CCCN2)C1)C(c1ccccc1)c1ccccc1. The van der Waals surface area contributed by atoms with Gasteiger partial charge in [0.15, 0.2) is 0 Å². The van der Waals surface area contributed by atoms with Gasteiger partial charge in [-0.15, -0.1) is 0 Å². The van der Waals surface area contributed by atoms with Gasteiger partial charge < -0.3 is 31.3 Å². The summed E-state index contributed by atoms with van der Waals surface area (Å²) in [6.45, 7) is 1.09. The smallest absolute Gasteiger partial charge is 0.407 e. The van der Waals surface area contributed by atoms with Crippen LogP contribution in [0.1, 0.15) is 29.9 Å². The summed E-state index contributed by atoms with van der Waals surface area (Å²) in [4.78, 5) is 40.6. The Bertz CT molecular complexity index is 1220. The predicted octanol–water partition coefficient (Wildman–Crippen LogP) is 2.00. The van der Waals surface area contributed by atoms with Crippen LogP contribution in [0.3, 0.4) is 0 Å². The first kappa shape index (κ1) is 27.6. The summed E-state index contributed by atoms with van der Waals surface area (Å²) in [6, 6.07) is 17.7. The van der Waals surface area contributed by atoms with Gasteiger partial charge in [0.1, 0.15) is 11.9 Å². The molecule has 2 aliphatic heterocycles. The average Bonchev–Trinajstić information content (AvgIpc) is 3.51. The first-order valence-electron chi connectivity index (χ1n) is 12.9. The van der Waals surface area contributed by atoms with Crippen LogP contribution in [-0.4, -0.2) is 67.5 Å². The van der Waals surface area contributed by atoms with Crippen molar-refractivity contribution >= 4 is 23.7 Å². The summed E-state index contributed by atoms with van der Waals surface area (Å²) in [5, 5.41) is 16.7. The van der Waals surface area contributed by atoms with Gasteiger partial charge in [0.05, 0.1) is 18.8 Å². The van der Waals surface area contributed by atoms with Crippen molar-refractivity contribution in [3.63, 3.8) is 0 Å². The number of nitrogens with zero attached hydrogens (tertiary/aromatic N) is 1. The van der Waals surface area contributed by atoms with Crippen LogP contribution in [0.5, 0.6) is 0 Å². The Balaban J connectivity index is 1.56. The van der Waals surface area contributed by atoms with Crippen LogP contribution in [0.15, 0.2) is 84.1 Å². The number of alkyl carbamates (subject to hydrolysis) is 1. The predicted molar refractivity (Wildman–Crippen MR) is 148 cm³/mol. The molecule has 2 aromatic rings. The lowest BCUT2D eigenvalue weighted by molar-refractivity contribution is -0.130. The maximum absolute atomic E-state index is 13.7. The topological polar surface area (TPSA) is 150 Å². The zero-order valence-electron chi connectivity index (χ0n) is 21.9. The third-order valence-electron chi connectivity index (χ3n) is 6.91. The second kappa shape index (κ2) is 12.9. The number of ether oxygens (including phenoxy) is 1. The van der Waals surface area contributed by atoms with Gasteiger partial charge in [-0.25, -0.2) is 4.79 Å². The lowest BCUT2D eigenvalue weighted by Gasteiger charge is -2.31. The molecule has 0 radical (unpaired) electrons. The molecule has 0 spiro atoms. The molecule has 0 aliphatic carbocycles. The average molecular weight is 531 g/mol. The third kappa shape index (κ3) is 6.71. The molecule has 4 rings (SSSR count). The van der Waals surface area contributed by atoms with E-state index in [1.807, 2.05) is 60.7 Å². The summed E-state index contributed by atoms with van der Waals surface area (Å²) in [7, 11) is 1.25. The molecule has 0 unspecified atom stereocenters. The van der Waals surface area contributed by atoms with E-state index in [0.29, 0.717) is 5.70 Å². The monoisotopic (exact) mass is 530 g/mol. The highest BCUT2D eigenvalue weighted by molar-refractivity contribution is 6.00. The van der Waals surface area contributed by atoms with Crippen LogP contribution in [0.4, 0.5) is 4.79 Å². The molecule has 0 aromatic heterocycles. The maximum Gasteiger partial charge on any atom is 0.407 e. The molecule has 204 valence electrons. The Morgan fingerprint density at radius 3 is 2.26 bits per heavy atom. The van der Waals surface area contributed by atoms with E-state index in [4.69, 9.17) is 15.9 Å². The summed E-state index contributed by atoms with van der Waals surface area (Å²) < 4.78 is 4.84. The lowest BCUT2D eigenvalue weighted by atomic mass is 9.84. The van der Waals surface area contributed by atoms with Crippen molar-refractivity contribution in [2.24, 2.45) is 5.73 Å². The molecule has 2 heterocycles. The number of amidine groups is 1. The Labute approximate surface area is 227 Å². The number of hydrogen-bond acceptors (Lipinski definition) is 6. The van der Waals surface area contributed by atoms with Crippen molar-refractivity contribution in [3.8, 4) is 0 Å². The normalized spacial score (nSPS) is 17.6. The highest BCUT2D eigenvalue weighted by atomic mass is 16.5. The van der Waals surface area contributed by atoms with Crippen LogP contribution in [0.2, 0.25) is 0 Å². The van der Waals surface area contributed by atoms with Gasteiger partial charge in [-0.2, -0.15) is 0 Å². The van der Waals surface area contributed by atoms with E-state index in [0.717, 1.165) is 36.1 Å². The van der Waals surface area contributed by atoms with E-state index in [9.17, 15) is 14.4 Å². The van der Waals surface area contributed by atoms with E-state index < -0.39 is 24.0 Å². The summed E-state index contributed by atoms with van der Waals surface area (Å²) >= 11 is 0. The minimum absolute atomic E-state index is 0.137. The molecule has 0 bridgehead atoms. The first-order chi connectivity index (χ1) is 18.9. The zero-order chi connectivity index (χ0) is 27.8. The molecule has 2 aliphatic rings. The quantitative estimate of drug-likeness (QED) is 0.247. The van der Waals surface area contributed by atoms with Gasteiger partial charge in [0.25, 0.3) is 0 Å². The third-order valence-corrected chi connectivity index (χ3v) is 6.91. The fraction of sp³-hybridized carbons (Fsp3) is 0.310. The molecule has 0 saturated carbocycles. The van der Waals surface area contributed by atoms with Crippen molar-refractivity contribution < 1.29 is 19.1 Å². The van der Waals surface area contributed by atoms with Crippen molar-refractivity contribution in [3.05, 3.63) is 95.2 Å². The Kier molecular flexibility index (Phi) is 9.11. The fourth-order valence-corrected chi connectivity index (χ4v) is 4.95. The van der Waals surface area contributed by atoms with Crippen LogP contribution < -0.4 is 21.7 Å². The number of methoxy groups -OCH3 is 1. The van der Waals surface area contributed by atoms with Crippen LogP contribution in [0, 0.1) is 5.41 Å². The molecule has 3 amide bonds. The van der Waals surface area contributed by atoms with Gasteiger partial charge in [0.2, 0.25) is 11.8 Å². The molecule has 2 atom stereocenters. The number of carbonyl (C=O) groups excluding carboxylic acids is 3. The molecule has 1 fully saturated rings. The van der Waals surface area contributed by atoms with Gasteiger partial charge in [0, 0.05) is 19.0 Å². The van der Waals surface area contributed by atoms with Crippen molar-refractivity contribution in [1.82, 2.24) is 20.9 Å². The molecular weight excluding hydrogens is 496 g/mol. The highest BCUT2D eigenvalue weighted by Crippen LogP contribution is 2.29. The van der Waals surface area contributed by atoms with E-state index >= 15 is 0 Å². The van der Waals surface area contributed by atoms with Crippen LogP contribution in [0.25, 0.3) is 0 Å². The summed E-state index contributed by atoms with van der Waals surface area (Å²) in [6.07, 6.45) is 4.29. The lowest BCUT2D eigenvalue weighted by Crippen LogP contribution is -2.51. The van der Waals surface area contributed by atoms with Gasteiger partial charge >= 0.3 is 6.09 Å². The van der Waals surface area contributed by atoms with Gasteiger partial charge in [-0.05, 0) is 42.2 Å². The number of hydrogen-bond donors (Lipinski definition) is 5. The molecule has 10 heteroatoms. The van der Waals surface area contributed by atoms with Crippen LogP contribution in [-0.2, 0) is 14.3 Å². The molecule has 10 nitrogen and oxygen atoms in total. The Morgan fingerprint density at radius 2 is 1.72 bits per heavy atom. The van der Waals surface area contributed by atoms with Gasteiger partial charge in [-0.3, -0.25) is 15.0 Å². The first-order valence-corrected chi connectivity index (χ1v) is 12.9. The number of amides is 3. The number of carbonyl (C=O) groups is 3. The fourth-order valence-electron chi connectivity index (χ4n) is 4.95. The minimum atomic E-state index is -0.977. The Hall–Kier alpha value is -4.44. The molecule has 2 aromatic carbocycles. The summed E-state index contributed by atoms with van der Waals surface area (Å²) in [5.74, 6) is -1.24. The van der Waals surface area contributed by atoms with E-state index in [1.165, 1.54) is 12.0 Å². The van der Waals surface area contributed by atoms with Crippen molar-refractivity contribution in [1.29, 1.82) is 5.41 Å². The van der Waals surface area contributed by atoms with Crippen molar-refractivity contribution in [2.45, 2.75) is 30.8 Å². The van der Waals surface area contributed by atoms with E-state index in [2.05, 4.69) is 16.0 Å². The maximum atomic E-state index is 13.7. The standard InChI is InChI=1S/C29H34N6O4/c1-39-29(38)34-25(24(20-9-4-2-5-10-20)21-11-6-3-7-12-21)27(36)33-17-19-14-15-23(26(30)31)35(18-19)28(37)22-13-8-16-32-22/h2-7,9-12,14-15,22,24-25,32H,8,13,16-18H2,1H3,(H3,30,31)(H,33,36)(H,34,38)/t22-,25+/m0/s1. The van der Waals surface area contributed by atoms with Gasteiger partial charge in [-0.1, -0.05) is 66.7 Å². The molecule has 6 N–H and O–H groups in total. The number of nitrogens with one attached hydrogen (secondary N) is 4. The highest BCUT2D eigenvalue weighted by Gasteiger charge is 2.34. The molecule has 39 heavy (non-hydrogen) atoms. The zero-order valence-corrected chi connectivity index (χ0v) is 21.9. The second-order valence-electron chi connectivity index (χ2n) is 9.49. The van der Waals surface area contributed by atoms with Crippen LogP contribution >= 0.6 is 0 Å². The van der Waals surface area contributed by atoms with E-state index in [-0.39, 0.29) is 30.9 Å². The molecule has 1 saturated heterocycles. The number of allylic oxidation sites excluding steroid dienone is 2. The number of rotatable bonds is 9. The Morgan fingerprint density at radius 1 is 1.08 bits per heavy atom. The number of benzene rings is 2. The second-order valence-corrected chi connectivity index (χ2v) is 9.49. The minimum Gasteiger partial charge on any atom is -0.453 e. The summed E-state index contributed by atoms with van der Waals surface area (Å²) in [5.41, 5.74) is 8.55. The largest absolute Gasteiger partial charge is 0.453 e. The molecular formula is C29H34N6O4.